The molecular formula is C8H17NO. The fourth-order valence-corrected chi connectivity index (χ4v) is 0.646. The van der Waals surface area contributed by atoms with Gasteiger partial charge in [0, 0.05) is 19.4 Å². The van der Waals surface area contributed by atoms with E-state index in [9.17, 15) is 0 Å². The summed E-state index contributed by atoms with van der Waals surface area (Å²) in [5, 5.41) is 0. The maximum absolute atomic E-state index is 5.14. The van der Waals surface area contributed by atoms with Crippen LogP contribution in [0.5, 0.6) is 0 Å². The van der Waals surface area contributed by atoms with Crippen LogP contribution in [-0.2, 0) is 4.74 Å². The maximum Gasteiger partial charge on any atom is 0.179 e. The predicted octanol–water partition coefficient (Wildman–Crippen LogP) is 2.10. The SMILES string of the molecule is CC.CC1=NCC(C)CO1. The Bertz CT molecular complexity index is 110. The van der Waals surface area contributed by atoms with Crippen molar-refractivity contribution in [1.29, 1.82) is 0 Å². The zero-order valence-corrected chi connectivity index (χ0v) is 7.35. The van der Waals surface area contributed by atoms with E-state index in [1.165, 1.54) is 0 Å². The van der Waals surface area contributed by atoms with Crippen LogP contribution in [0.25, 0.3) is 0 Å². The lowest BCUT2D eigenvalue weighted by atomic mass is 10.2. The number of hydrogen-bond acceptors (Lipinski definition) is 2. The molecule has 1 aliphatic rings. The van der Waals surface area contributed by atoms with Crippen LogP contribution >= 0.6 is 0 Å². The minimum Gasteiger partial charge on any atom is -0.481 e. The monoisotopic (exact) mass is 143 g/mol. The summed E-state index contributed by atoms with van der Waals surface area (Å²) >= 11 is 0. The first-order valence-electron chi connectivity index (χ1n) is 3.93. The molecule has 0 aromatic carbocycles. The van der Waals surface area contributed by atoms with Crippen molar-refractivity contribution in [2.45, 2.75) is 27.7 Å². The summed E-state index contributed by atoms with van der Waals surface area (Å²) < 4.78 is 5.14. The van der Waals surface area contributed by atoms with Crippen LogP contribution in [0.1, 0.15) is 27.7 Å². The first-order valence-corrected chi connectivity index (χ1v) is 3.93. The first-order chi connectivity index (χ1) is 4.79. The second-order valence-electron chi connectivity index (χ2n) is 2.28. The van der Waals surface area contributed by atoms with Crippen LogP contribution < -0.4 is 0 Å². The summed E-state index contributed by atoms with van der Waals surface area (Å²) in [5.74, 6) is 1.45. The summed E-state index contributed by atoms with van der Waals surface area (Å²) in [5.41, 5.74) is 0. The van der Waals surface area contributed by atoms with Crippen molar-refractivity contribution in [2.75, 3.05) is 13.2 Å². The quantitative estimate of drug-likeness (QED) is 0.509. The summed E-state index contributed by atoms with van der Waals surface area (Å²) in [6.45, 7) is 9.81. The Balaban J connectivity index is 0.000000371. The number of ether oxygens (including phenoxy) is 1. The molecule has 2 heteroatoms. The molecule has 2 nitrogen and oxygen atoms in total. The normalized spacial score (nSPS) is 23.6. The van der Waals surface area contributed by atoms with Crippen LogP contribution in [-0.4, -0.2) is 19.0 Å². The Hall–Kier alpha value is -0.530. The van der Waals surface area contributed by atoms with Gasteiger partial charge in [-0.15, -0.1) is 0 Å². The fraction of sp³-hybridized carbons (Fsp3) is 0.875. The van der Waals surface area contributed by atoms with Crippen LogP contribution in [0, 0.1) is 5.92 Å². The highest BCUT2D eigenvalue weighted by Crippen LogP contribution is 2.02. The Morgan fingerprint density at radius 1 is 1.50 bits per heavy atom. The molecule has 1 atom stereocenters. The van der Waals surface area contributed by atoms with E-state index >= 15 is 0 Å². The Morgan fingerprint density at radius 3 is 2.40 bits per heavy atom. The van der Waals surface area contributed by atoms with Gasteiger partial charge in [0.1, 0.15) is 0 Å². The summed E-state index contributed by atoms with van der Waals surface area (Å²) in [7, 11) is 0. The molecule has 0 amide bonds. The van der Waals surface area contributed by atoms with Crippen LogP contribution in [0.15, 0.2) is 4.99 Å². The van der Waals surface area contributed by atoms with Crippen LogP contribution in [0.4, 0.5) is 0 Å². The van der Waals surface area contributed by atoms with Crippen molar-refractivity contribution in [1.82, 2.24) is 0 Å². The third-order valence-electron chi connectivity index (χ3n) is 1.20. The number of nitrogens with zero attached hydrogens (tertiary/aromatic N) is 1. The van der Waals surface area contributed by atoms with E-state index < -0.39 is 0 Å². The number of hydrogen-bond donors (Lipinski definition) is 0. The van der Waals surface area contributed by atoms with E-state index in [-0.39, 0.29) is 0 Å². The predicted molar refractivity (Wildman–Crippen MR) is 44.4 cm³/mol. The molecule has 0 aromatic rings. The highest BCUT2D eigenvalue weighted by atomic mass is 16.5. The van der Waals surface area contributed by atoms with Gasteiger partial charge in [0.2, 0.25) is 0 Å². The second-order valence-corrected chi connectivity index (χ2v) is 2.28. The molecule has 0 bridgehead atoms. The van der Waals surface area contributed by atoms with E-state index in [4.69, 9.17) is 4.74 Å². The average Bonchev–Trinajstić information content (AvgIpc) is 2.00. The minimum absolute atomic E-state index is 0.610. The van der Waals surface area contributed by atoms with Gasteiger partial charge >= 0.3 is 0 Å². The van der Waals surface area contributed by atoms with Gasteiger partial charge < -0.3 is 4.74 Å². The standard InChI is InChI=1S/C6H11NO.C2H6/c1-5-3-7-6(2)8-4-5;1-2/h5H,3-4H2,1-2H3;1-2H3. The van der Waals surface area contributed by atoms with E-state index in [1.54, 1.807) is 0 Å². The summed E-state index contributed by atoms with van der Waals surface area (Å²) in [6.07, 6.45) is 0. The van der Waals surface area contributed by atoms with Gasteiger partial charge in [-0.3, -0.25) is 4.99 Å². The fourth-order valence-electron chi connectivity index (χ4n) is 0.646. The van der Waals surface area contributed by atoms with Gasteiger partial charge in [-0.25, -0.2) is 0 Å². The molecule has 10 heavy (non-hydrogen) atoms. The molecular weight excluding hydrogens is 126 g/mol. The average molecular weight is 143 g/mol. The van der Waals surface area contributed by atoms with E-state index in [1.807, 2.05) is 20.8 Å². The molecule has 60 valence electrons. The van der Waals surface area contributed by atoms with E-state index in [0.29, 0.717) is 5.92 Å². The molecule has 0 saturated heterocycles. The highest BCUT2D eigenvalue weighted by Gasteiger charge is 2.07. The maximum atomic E-state index is 5.14. The van der Waals surface area contributed by atoms with E-state index in [2.05, 4.69) is 11.9 Å². The highest BCUT2D eigenvalue weighted by molar-refractivity contribution is 5.73. The zero-order chi connectivity index (χ0) is 7.98. The molecule has 0 saturated carbocycles. The van der Waals surface area contributed by atoms with Gasteiger partial charge in [-0.1, -0.05) is 20.8 Å². The number of aliphatic imine (C=N–C) groups is 1. The first kappa shape index (κ1) is 9.47. The smallest absolute Gasteiger partial charge is 0.179 e. The van der Waals surface area contributed by atoms with Crippen molar-refractivity contribution < 1.29 is 4.74 Å². The molecule has 1 heterocycles. The lowest BCUT2D eigenvalue weighted by Gasteiger charge is -2.15. The van der Waals surface area contributed by atoms with Gasteiger partial charge in [0.15, 0.2) is 5.90 Å². The molecule has 0 fully saturated rings. The minimum atomic E-state index is 0.610. The molecule has 1 rings (SSSR count). The third-order valence-corrected chi connectivity index (χ3v) is 1.20. The van der Waals surface area contributed by atoms with Gasteiger partial charge in [-0.2, -0.15) is 0 Å². The van der Waals surface area contributed by atoms with Crippen molar-refractivity contribution >= 4 is 5.90 Å². The van der Waals surface area contributed by atoms with Crippen molar-refractivity contribution in [3.05, 3.63) is 0 Å². The third kappa shape index (κ3) is 3.49. The summed E-state index contributed by atoms with van der Waals surface area (Å²) in [6, 6.07) is 0. The summed E-state index contributed by atoms with van der Waals surface area (Å²) in [4.78, 5) is 4.11. The van der Waals surface area contributed by atoms with Gasteiger partial charge in [0.25, 0.3) is 0 Å². The van der Waals surface area contributed by atoms with Gasteiger partial charge in [0.05, 0.1) is 6.61 Å². The van der Waals surface area contributed by atoms with Gasteiger partial charge in [-0.05, 0) is 0 Å². The van der Waals surface area contributed by atoms with Crippen molar-refractivity contribution in [3.63, 3.8) is 0 Å². The Labute approximate surface area is 63.3 Å². The van der Waals surface area contributed by atoms with Crippen LogP contribution in [0.2, 0.25) is 0 Å². The Kier molecular flexibility index (Phi) is 4.99. The topological polar surface area (TPSA) is 21.6 Å². The molecule has 0 radical (unpaired) electrons. The van der Waals surface area contributed by atoms with Crippen molar-refractivity contribution in [3.8, 4) is 0 Å². The van der Waals surface area contributed by atoms with Crippen molar-refractivity contribution in [2.24, 2.45) is 10.9 Å². The largest absolute Gasteiger partial charge is 0.481 e. The Morgan fingerprint density at radius 2 is 2.10 bits per heavy atom. The van der Waals surface area contributed by atoms with E-state index in [0.717, 1.165) is 19.0 Å². The van der Waals surface area contributed by atoms with Crippen LogP contribution in [0.3, 0.4) is 0 Å². The zero-order valence-electron chi connectivity index (χ0n) is 7.35. The lowest BCUT2D eigenvalue weighted by Crippen LogP contribution is -2.18. The number of rotatable bonds is 0. The second kappa shape index (κ2) is 5.27. The molecule has 1 unspecified atom stereocenters. The molecule has 0 aromatic heterocycles. The molecule has 1 aliphatic heterocycles. The molecule has 0 N–H and O–H groups in total. The molecule has 0 spiro atoms. The lowest BCUT2D eigenvalue weighted by molar-refractivity contribution is 0.229. The molecule has 0 aliphatic carbocycles.